The normalized spacial score (nSPS) is 11.7. The summed E-state index contributed by atoms with van der Waals surface area (Å²) >= 11 is 0. The van der Waals surface area contributed by atoms with Crippen LogP contribution in [-0.4, -0.2) is 38.0 Å². The summed E-state index contributed by atoms with van der Waals surface area (Å²) in [5, 5.41) is 2.84. The molecule has 1 rings (SSSR count). The number of anilines is 1. The molecule has 4 nitrogen and oxygen atoms in total. The van der Waals surface area contributed by atoms with Crippen LogP contribution in [0, 0.1) is 11.2 Å². The fourth-order valence-electron chi connectivity index (χ4n) is 2.07. The summed E-state index contributed by atoms with van der Waals surface area (Å²) in [6, 6.07) is 3.79. The molecule has 0 aliphatic carbocycles. The summed E-state index contributed by atoms with van der Waals surface area (Å²) in [5.74, 6) is -0.716. The maximum Gasteiger partial charge on any atom is 0.253 e. The quantitative estimate of drug-likeness (QED) is 0.799. The van der Waals surface area contributed by atoms with Gasteiger partial charge in [0.05, 0.1) is 5.56 Å². The van der Waals surface area contributed by atoms with E-state index in [1.165, 1.54) is 12.1 Å². The van der Waals surface area contributed by atoms with Crippen molar-refractivity contribution in [3.05, 3.63) is 29.6 Å². The first-order chi connectivity index (χ1) is 8.71. The summed E-state index contributed by atoms with van der Waals surface area (Å²) in [5.41, 5.74) is 6.05. The molecule has 0 aliphatic rings. The fourth-order valence-corrected chi connectivity index (χ4v) is 2.07. The van der Waals surface area contributed by atoms with Crippen molar-refractivity contribution in [1.29, 1.82) is 0 Å². The molecule has 0 saturated heterocycles. The monoisotopic (exact) mass is 267 g/mol. The van der Waals surface area contributed by atoms with Crippen molar-refractivity contribution in [3.63, 3.8) is 0 Å². The Morgan fingerprint density at radius 1 is 1.42 bits per heavy atom. The number of benzene rings is 1. The lowest BCUT2D eigenvalue weighted by Crippen LogP contribution is -2.40. The maximum absolute atomic E-state index is 12.9. The van der Waals surface area contributed by atoms with E-state index in [1.807, 2.05) is 14.1 Å². The molecular formula is C14H22FN3O. The average molecular weight is 267 g/mol. The van der Waals surface area contributed by atoms with Gasteiger partial charge in [-0.25, -0.2) is 4.39 Å². The van der Waals surface area contributed by atoms with Crippen LogP contribution in [0.1, 0.15) is 24.2 Å². The van der Waals surface area contributed by atoms with Gasteiger partial charge >= 0.3 is 0 Å². The highest BCUT2D eigenvalue weighted by atomic mass is 19.1. The molecule has 3 N–H and O–H groups in total. The summed E-state index contributed by atoms with van der Waals surface area (Å²) in [7, 11) is 3.98. The Hall–Kier alpha value is -1.62. The standard InChI is InChI=1S/C14H22FN3O/c1-14(2,9-18(3)4)8-17-13(19)11-6-5-10(15)7-12(11)16/h5-7H,8-9,16H2,1-4H3,(H,17,19). The summed E-state index contributed by atoms with van der Waals surface area (Å²) in [6.07, 6.45) is 0. The fraction of sp³-hybridized carbons (Fsp3) is 0.500. The van der Waals surface area contributed by atoms with Gasteiger partial charge in [0.15, 0.2) is 0 Å². The third-order valence-corrected chi connectivity index (χ3v) is 2.73. The molecule has 0 saturated carbocycles. The van der Waals surface area contributed by atoms with Crippen LogP contribution >= 0.6 is 0 Å². The highest BCUT2D eigenvalue weighted by Gasteiger charge is 2.20. The zero-order valence-electron chi connectivity index (χ0n) is 12.0. The molecule has 5 heteroatoms. The summed E-state index contributed by atoms with van der Waals surface area (Å²) in [4.78, 5) is 14.0. The van der Waals surface area contributed by atoms with Gasteiger partial charge in [0.25, 0.3) is 5.91 Å². The van der Waals surface area contributed by atoms with Crippen molar-refractivity contribution in [2.75, 3.05) is 32.9 Å². The van der Waals surface area contributed by atoms with Crippen LogP contribution in [0.4, 0.5) is 10.1 Å². The molecule has 0 fully saturated rings. The smallest absolute Gasteiger partial charge is 0.253 e. The Balaban J connectivity index is 2.65. The molecule has 0 spiro atoms. The Kier molecular flexibility index (Phi) is 4.89. The number of halogens is 1. The van der Waals surface area contributed by atoms with Crippen LogP contribution in [0.2, 0.25) is 0 Å². The molecular weight excluding hydrogens is 245 g/mol. The molecule has 1 aromatic rings. The van der Waals surface area contributed by atoms with E-state index >= 15 is 0 Å². The number of nitrogens with one attached hydrogen (secondary N) is 1. The Morgan fingerprint density at radius 2 is 2.05 bits per heavy atom. The van der Waals surface area contributed by atoms with Crippen molar-refractivity contribution in [2.45, 2.75) is 13.8 Å². The summed E-state index contributed by atoms with van der Waals surface area (Å²) < 4.78 is 12.9. The molecule has 1 aromatic carbocycles. The van der Waals surface area contributed by atoms with E-state index in [0.29, 0.717) is 12.1 Å². The number of hydrogen-bond acceptors (Lipinski definition) is 3. The van der Waals surface area contributed by atoms with Crippen LogP contribution in [0.5, 0.6) is 0 Å². The van der Waals surface area contributed by atoms with Crippen molar-refractivity contribution in [2.24, 2.45) is 5.41 Å². The number of amides is 1. The highest BCUT2D eigenvalue weighted by Crippen LogP contribution is 2.16. The van der Waals surface area contributed by atoms with Crippen LogP contribution in [0.3, 0.4) is 0 Å². The van der Waals surface area contributed by atoms with Crippen molar-refractivity contribution < 1.29 is 9.18 Å². The predicted octanol–water partition coefficient (Wildman–Crippen LogP) is 1.73. The van der Waals surface area contributed by atoms with Crippen molar-refractivity contribution >= 4 is 11.6 Å². The highest BCUT2D eigenvalue weighted by molar-refractivity contribution is 5.99. The van der Waals surface area contributed by atoms with Gasteiger partial charge < -0.3 is 16.0 Å². The summed E-state index contributed by atoms with van der Waals surface area (Å²) in [6.45, 7) is 5.52. The first kappa shape index (κ1) is 15.4. The van der Waals surface area contributed by atoms with Crippen LogP contribution in [0.25, 0.3) is 0 Å². The minimum absolute atomic E-state index is 0.0477. The number of nitrogens with zero attached hydrogens (tertiary/aromatic N) is 1. The number of carbonyl (C=O) groups excluding carboxylic acids is 1. The second kappa shape index (κ2) is 6.02. The van der Waals surface area contributed by atoms with Crippen molar-refractivity contribution in [3.8, 4) is 0 Å². The number of hydrogen-bond donors (Lipinski definition) is 2. The molecule has 0 radical (unpaired) electrons. The molecule has 0 bridgehead atoms. The number of nitrogens with two attached hydrogens (primary N) is 1. The Morgan fingerprint density at radius 3 is 2.58 bits per heavy atom. The molecule has 0 aromatic heterocycles. The molecule has 0 aliphatic heterocycles. The van der Waals surface area contributed by atoms with Gasteiger partial charge in [-0.1, -0.05) is 13.8 Å². The second-order valence-electron chi connectivity index (χ2n) is 5.82. The van der Waals surface area contributed by atoms with Gasteiger partial charge in [-0.05, 0) is 37.7 Å². The average Bonchev–Trinajstić information content (AvgIpc) is 2.24. The van der Waals surface area contributed by atoms with Gasteiger partial charge in [0, 0.05) is 18.8 Å². The van der Waals surface area contributed by atoms with E-state index in [-0.39, 0.29) is 17.0 Å². The van der Waals surface area contributed by atoms with Gasteiger partial charge in [-0.15, -0.1) is 0 Å². The van der Waals surface area contributed by atoms with Gasteiger partial charge in [0.2, 0.25) is 0 Å². The third-order valence-electron chi connectivity index (χ3n) is 2.73. The number of nitrogen functional groups attached to an aromatic ring is 1. The van der Waals surface area contributed by atoms with E-state index in [4.69, 9.17) is 5.73 Å². The van der Waals surface area contributed by atoms with Crippen LogP contribution in [0.15, 0.2) is 18.2 Å². The van der Waals surface area contributed by atoms with Gasteiger partial charge in [-0.3, -0.25) is 4.79 Å². The molecule has 0 atom stereocenters. The Bertz CT molecular complexity index is 458. The van der Waals surface area contributed by atoms with E-state index in [1.54, 1.807) is 0 Å². The van der Waals surface area contributed by atoms with Crippen LogP contribution in [-0.2, 0) is 0 Å². The SMILES string of the molecule is CN(C)CC(C)(C)CNC(=O)c1ccc(F)cc1N. The van der Waals surface area contributed by atoms with Gasteiger partial charge in [0.1, 0.15) is 5.82 Å². The van der Waals surface area contributed by atoms with E-state index < -0.39 is 5.82 Å². The van der Waals surface area contributed by atoms with Gasteiger partial charge in [-0.2, -0.15) is 0 Å². The number of rotatable bonds is 5. The minimum Gasteiger partial charge on any atom is -0.398 e. The van der Waals surface area contributed by atoms with Crippen LogP contribution < -0.4 is 11.1 Å². The lowest BCUT2D eigenvalue weighted by Gasteiger charge is -2.28. The zero-order chi connectivity index (χ0) is 14.6. The molecule has 106 valence electrons. The maximum atomic E-state index is 12.9. The Labute approximate surface area is 113 Å². The zero-order valence-corrected chi connectivity index (χ0v) is 12.0. The molecule has 1 amide bonds. The van der Waals surface area contributed by atoms with E-state index in [2.05, 4.69) is 24.1 Å². The molecule has 19 heavy (non-hydrogen) atoms. The predicted molar refractivity (Wildman–Crippen MR) is 75.5 cm³/mol. The first-order valence-corrected chi connectivity index (χ1v) is 6.19. The van der Waals surface area contributed by atoms with Crippen molar-refractivity contribution in [1.82, 2.24) is 10.2 Å². The lowest BCUT2D eigenvalue weighted by atomic mass is 9.93. The first-order valence-electron chi connectivity index (χ1n) is 6.19. The third kappa shape index (κ3) is 4.87. The molecule has 0 unspecified atom stereocenters. The lowest BCUT2D eigenvalue weighted by molar-refractivity contribution is 0.0930. The second-order valence-corrected chi connectivity index (χ2v) is 5.82. The van der Waals surface area contributed by atoms with E-state index in [9.17, 15) is 9.18 Å². The largest absolute Gasteiger partial charge is 0.398 e. The minimum atomic E-state index is -0.443. The van der Waals surface area contributed by atoms with E-state index in [0.717, 1.165) is 12.6 Å². The number of carbonyl (C=O) groups is 1. The molecule has 0 heterocycles. The topological polar surface area (TPSA) is 58.4 Å².